The van der Waals surface area contributed by atoms with E-state index in [4.69, 9.17) is 5.21 Å². The number of carbonyl (C=O) groups excluding carboxylic acids is 1. The van der Waals surface area contributed by atoms with Gasteiger partial charge in [0.05, 0.1) is 0 Å². The molecule has 1 aromatic carbocycles. The van der Waals surface area contributed by atoms with Crippen LogP contribution < -0.4 is 5.32 Å². The Morgan fingerprint density at radius 1 is 1.20 bits per heavy atom. The Kier molecular flexibility index (Phi) is 7.35. The van der Waals surface area contributed by atoms with Gasteiger partial charge in [-0.2, -0.15) is 0 Å². The summed E-state index contributed by atoms with van der Waals surface area (Å²) in [7, 11) is 0. The fraction of sp³-hybridized carbons (Fsp3) is 0.467. The molecule has 5 nitrogen and oxygen atoms in total. The van der Waals surface area contributed by atoms with E-state index < -0.39 is 0 Å². The number of oxime groups is 1. The molecule has 0 fully saturated rings. The summed E-state index contributed by atoms with van der Waals surface area (Å²) in [5.74, 6) is -0.365. The number of nitrogens with one attached hydrogen (secondary N) is 1. The van der Waals surface area contributed by atoms with Crippen molar-refractivity contribution in [3.05, 3.63) is 30.3 Å². The summed E-state index contributed by atoms with van der Waals surface area (Å²) in [5.41, 5.74) is 0.826. The molecule has 1 aromatic rings. The molecule has 0 aliphatic carbocycles. The first-order valence-electron chi connectivity index (χ1n) is 7.00. The van der Waals surface area contributed by atoms with Gasteiger partial charge in [0, 0.05) is 12.2 Å². The Balaban J connectivity index is 2.63. The average molecular weight is 277 g/mol. The van der Waals surface area contributed by atoms with E-state index in [1.807, 2.05) is 18.2 Å². The molecule has 5 heteroatoms. The molecule has 1 amide bonds. The third-order valence-corrected chi connectivity index (χ3v) is 2.87. The van der Waals surface area contributed by atoms with E-state index in [-0.39, 0.29) is 11.6 Å². The zero-order valence-corrected chi connectivity index (χ0v) is 12.2. The van der Waals surface area contributed by atoms with Crippen molar-refractivity contribution in [2.45, 2.75) is 26.7 Å². The van der Waals surface area contributed by atoms with Gasteiger partial charge >= 0.3 is 0 Å². The minimum Gasteiger partial charge on any atom is -0.410 e. The maximum Gasteiger partial charge on any atom is 0.274 e. The molecule has 0 spiro atoms. The predicted molar refractivity (Wildman–Crippen MR) is 81.3 cm³/mol. The maximum absolute atomic E-state index is 12.1. The summed E-state index contributed by atoms with van der Waals surface area (Å²) >= 11 is 0. The van der Waals surface area contributed by atoms with Gasteiger partial charge in [0.25, 0.3) is 5.91 Å². The molecule has 0 radical (unpaired) electrons. The third-order valence-electron chi connectivity index (χ3n) is 2.87. The van der Waals surface area contributed by atoms with Gasteiger partial charge in [-0.3, -0.25) is 9.69 Å². The van der Waals surface area contributed by atoms with E-state index in [9.17, 15) is 4.79 Å². The predicted octanol–water partition coefficient (Wildman–Crippen LogP) is 2.58. The lowest BCUT2D eigenvalue weighted by atomic mass is 10.2. The lowest BCUT2D eigenvalue weighted by Gasteiger charge is -2.20. The highest BCUT2D eigenvalue weighted by atomic mass is 16.4. The van der Waals surface area contributed by atoms with Crippen LogP contribution in [0.4, 0.5) is 5.69 Å². The second-order valence-electron chi connectivity index (χ2n) is 4.64. The Hall–Kier alpha value is -1.88. The van der Waals surface area contributed by atoms with E-state index in [0.717, 1.165) is 25.9 Å². The van der Waals surface area contributed by atoms with Gasteiger partial charge in [-0.15, -0.1) is 0 Å². The Labute approximate surface area is 120 Å². The standard InChI is InChI=1S/C15H23N3O2/c1-3-10-18(11-4-2)12-14(17-20)15(19)16-13-8-6-5-7-9-13/h5-9,20H,3-4,10-12H2,1-2H3,(H,16,19). The summed E-state index contributed by atoms with van der Waals surface area (Å²) in [6.07, 6.45) is 2.00. The number of amides is 1. The highest BCUT2D eigenvalue weighted by Crippen LogP contribution is 2.05. The van der Waals surface area contributed by atoms with Crippen molar-refractivity contribution in [3.8, 4) is 0 Å². The molecule has 0 bridgehead atoms. The van der Waals surface area contributed by atoms with Crippen LogP contribution in [-0.2, 0) is 4.79 Å². The number of anilines is 1. The lowest BCUT2D eigenvalue weighted by Crippen LogP contribution is -2.37. The summed E-state index contributed by atoms with van der Waals surface area (Å²) < 4.78 is 0. The summed E-state index contributed by atoms with van der Waals surface area (Å²) in [6, 6.07) is 9.14. The Morgan fingerprint density at radius 3 is 2.30 bits per heavy atom. The zero-order chi connectivity index (χ0) is 14.8. The molecule has 1 rings (SSSR count). The number of para-hydroxylation sites is 1. The summed E-state index contributed by atoms with van der Waals surface area (Å²) in [5, 5.41) is 14.9. The van der Waals surface area contributed by atoms with Gasteiger partial charge in [0.2, 0.25) is 0 Å². The average Bonchev–Trinajstić information content (AvgIpc) is 2.46. The molecule has 0 aromatic heterocycles. The van der Waals surface area contributed by atoms with Crippen LogP contribution in [0.2, 0.25) is 0 Å². The van der Waals surface area contributed by atoms with Crippen LogP contribution in [0.1, 0.15) is 26.7 Å². The Morgan fingerprint density at radius 2 is 1.80 bits per heavy atom. The van der Waals surface area contributed by atoms with Crippen LogP contribution in [0, 0.1) is 0 Å². The largest absolute Gasteiger partial charge is 0.410 e. The van der Waals surface area contributed by atoms with Gasteiger partial charge in [-0.25, -0.2) is 0 Å². The molecule has 0 atom stereocenters. The van der Waals surface area contributed by atoms with E-state index in [2.05, 4.69) is 29.2 Å². The summed E-state index contributed by atoms with van der Waals surface area (Å²) in [6.45, 7) is 6.29. The zero-order valence-electron chi connectivity index (χ0n) is 12.2. The van der Waals surface area contributed by atoms with Gasteiger partial charge in [0.15, 0.2) is 5.71 Å². The molecular formula is C15H23N3O2. The summed E-state index contributed by atoms with van der Waals surface area (Å²) in [4.78, 5) is 14.2. The highest BCUT2D eigenvalue weighted by molar-refractivity contribution is 6.43. The number of hydrogen-bond acceptors (Lipinski definition) is 4. The SMILES string of the molecule is CCCN(CCC)CC(=NO)C(=O)Nc1ccccc1. The van der Waals surface area contributed by atoms with E-state index in [1.54, 1.807) is 12.1 Å². The van der Waals surface area contributed by atoms with Crippen molar-refractivity contribution in [2.24, 2.45) is 5.16 Å². The molecule has 2 N–H and O–H groups in total. The minimum atomic E-state index is -0.365. The van der Waals surface area contributed by atoms with Crippen molar-refractivity contribution in [1.29, 1.82) is 0 Å². The second kappa shape index (κ2) is 9.09. The van der Waals surface area contributed by atoms with Gasteiger partial charge < -0.3 is 10.5 Å². The molecule has 0 aliphatic heterocycles. The number of hydrogen-bond donors (Lipinski definition) is 2. The lowest BCUT2D eigenvalue weighted by molar-refractivity contribution is -0.110. The van der Waals surface area contributed by atoms with E-state index in [0.29, 0.717) is 12.2 Å². The van der Waals surface area contributed by atoms with Crippen molar-refractivity contribution in [3.63, 3.8) is 0 Å². The van der Waals surface area contributed by atoms with Gasteiger partial charge in [-0.05, 0) is 38.1 Å². The quantitative estimate of drug-likeness (QED) is 0.436. The fourth-order valence-corrected chi connectivity index (χ4v) is 1.99. The molecule has 0 saturated heterocycles. The normalized spacial score (nSPS) is 11.7. The van der Waals surface area contributed by atoms with Crippen molar-refractivity contribution in [2.75, 3.05) is 25.0 Å². The van der Waals surface area contributed by atoms with Gasteiger partial charge in [-0.1, -0.05) is 37.2 Å². The molecule has 20 heavy (non-hydrogen) atoms. The number of nitrogens with zero attached hydrogens (tertiary/aromatic N) is 2. The van der Waals surface area contributed by atoms with Crippen molar-refractivity contribution >= 4 is 17.3 Å². The monoisotopic (exact) mass is 277 g/mol. The minimum absolute atomic E-state index is 0.135. The van der Waals surface area contributed by atoms with Crippen molar-refractivity contribution < 1.29 is 10.0 Å². The van der Waals surface area contributed by atoms with Crippen LogP contribution in [0.15, 0.2) is 35.5 Å². The molecule has 0 aliphatic rings. The number of benzene rings is 1. The van der Waals surface area contributed by atoms with E-state index >= 15 is 0 Å². The first-order valence-corrected chi connectivity index (χ1v) is 7.00. The van der Waals surface area contributed by atoms with Gasteiger partial charge in [0.1, 0.15) is 0 Å². The van der Waals surface area contributed by atoms with Crippen LogP contribution in [-0.4, -0.2) is 41.4 Å². The molecule has 0 heterocycles. The third kappa shape index (κ3) is 5.40. The maximum atomic E-state index is 12.1. The number of carbonyl (C=O) groups is 1. The second-order valence-corrected chi connectivity index (χ2v) is 4.64. The molecule has 110 valence electrons. The van der Waals surface area contributed by atoms with Crippen LogP contribution in [0.5, 0.6) is 0 Å². The Bertz CT molecular complexity index is 426. The molecular weight excluding hydrogens is 254 g/mol. The fourth-order valence-electron chi connectivity index (χ4n) is 1.99. The van der Waals surface area contributed by atoms with Crippen LogP contribution >= 0.6 is 0 Å². The molecule has 0 unspecified atom stereocenters. The van der Waals surface area contributed by atoms with E-state index in [1.165, 1.54) is 0 Å². The smallest absolute Gasteiger partial charge is 0.274 e. The number of rotatable bonds is 8. The van der Waals surface area contributed by atoms with Crippen LogP contribution in [0.3, 0.4) is 0 Å². The first kappa shape index (κ1) is 16.2. The van der Waals surface area contributed by atoms with Crippen LogP contribution in [0.25, 0.3) is 0 Å². The molecule has 0 saturated carbocycles. The topological polar surface area (TPSA) is 64.9 Å². The highest BCUT2D eigenvalue weighted by Gasteiger charge is 2.16. The van der Waals surface area contributed by atoms with Crippen molar-refractivity contribution in [1.82, 2.24) is 4.90 Å². The first-order chi connectivity index (χ1) is 9.71.